The highest BCUT2D eigenvalue weighted by atomic mass is 16.3. The number of guanidine groups is 2. The van der Waals surface area contributed by atoms with Crippen molar-refractivity contribution in [1.29, 1.82) is 0 Å². The average Bonchev–Trinajstić information content (AvgIpc) is 3.01. The van der Waals surface area contributed by atoms with Gasteiger partial charge < -0.3 is 43.6 Å². The van der Waals surface area contributed by atoms with Gasteiger partial charge in [-0.25, -0.2) is 4.99 Å². The van der Waals surface area contributed by atoms with Gasteiger partial charge >= 0.3 is 0 Å². The minimum Gasteiger partial charge on any atom is -0.508 e. The fraction of sp³-hybridized carbons (Fsp3) is 0.344. The number of nitrogens with two attached hydrogens (primary N) is 4. The van der Waals surface area contributed by atoms with E-state index in [2.05, 4.69) is 51.0 Å². The molecule has 3 rings (SSSR count). The number of carbonyl (C=O) groups is 3. The summed E-state index contributed by atoms with van der Waals surface area (Å²) in [5.74, 6) is -1.69. The number of fused-ring (bicyclic) bond motifs is 1. The second-order valence-electron chi connectivity index (χ2n) is 10.6. The average molecular weight is 618 g/mol. The van der Waals surface area contributed by atoms with Crippen molar-refractivity contribution in [3.05, 3.63) is 77.9 Å². The van der Waals surface area contributed by atoms with E-state index in [-0.39, 0.29) is 49.5 Å². The Morgan fingerprint density at radius 2 is 1.58 bits per heavy atom. The highest BCUT2D eigenvalue weighted by Gasteiger charge is 2.26. The zero-order valence-corrected chi connectivity index (χ0v) is 25.5. The van der Waals surface area contributed by atoms with E-state index in [0.717, 1.165) is 16.3 Å². The molecule has 240 valence electrons. The number of phenolic OH excluding ortho intramolecular Hbond substituents is 1. The van der Waals surface area contributed by atoms with Gasteiger partial charge in [0.25, 0.3) is 0 Å². The summed E-state index contributed by atoms with van der Waals surface area (Å²) in [4.78, 5) is 49.3. The minimum absolute atomic E-state index is 0.0731. The first-order chi connectivity index (χ1) is 21.5. The van der Waals surface area contributed by atoms with Crippen LogP contribution in [-0.4, -0.2) is 77.9 Å². The second-order valence-corrected chi connectivity index (χ2v) is 10.6. The molecule has 0 aliphatic rings. The Morgan fingerprint density at radius 1 is 0.889 bits per heavy atom. The molecule has 0 saturated carbocycles. The fourth-order valence-corrected chi connectivity index (χ4v) is 4.79. The SMILES string of the molecule is CCN(CCc1ccc2ccccc2c1)C(=O)CNC(=O)[C@@H](CCCN=C(N)N)NC(=O)[C@H](Cc1ccc(O)cc1)N=C(N)N. The van der Waals surface area contributed by atoms with Crippen LogP contribution in [0.3, 0.4) is 0 Å². The topological polar surface area (TPSA) is 228 Å². The first-order valence-corrected chi connectivity index (χ1v) is 14.8. The van der Waals surface area contributed by atoms with Crippen LogP contribution in [0.15, 0.2) is 76.7 Å². The summed E-state index contributed by atoms with van der Waals surface area (Å²) in [6.45, 7) is 2.84. The van der Waals surface area contributed by atoms with E-state index >= 15 is 0 Å². The van der Waals surface area contributed by atoms with Crippen molar-refractivity contribution in [2.24, 2.45) is 32.9 Å². The van der Waals surface area contributed by atoms with E-state index in [1.165, 1.54) is 12.1 Å². The minimum atomic E-state index is -1.04. The lowest BCUT2D eigenvalue weighted by atomic mass is 10.0. The van der Waals surface area contributed by atoms with Gasteiger partial charge in [0, 0.05) is 26.1 Å². The summed E-state index contributed by atoms with van der Waals surface area (Å²) >= 11 is 0. The van der Waals surface area contributed by atoms with Gasteiger partial charge in [-0.3, -0.25) is 19.4 Å². The third-order valence-electron chi connectivity index (χ3n) is 7.18. The molecule has 0 aromatic heterocycles. The van der Waals surface area contributed by atoms with Gasteiger partial charge in [0.2, 0.25) is 17.7 Å². The molecule has 3 amide bonds. The maximum Gasteiger partial charge on any atom is 0.245 e. The number of amides is 3. The van der Waals surface area contributed by atoms with Crippen molar-refractivity contribution in [3.63, 3.8) is 0 Å². The molecule has 0 saturated heterocycles. The van der Waals surface area contributed by atoms with Crippen LogP contribution >= 0.6 is 0 Å². The Labute approximate surface area is 262 Å². The van der Waals surface area contributed by atoms with Gasteiger partial charge in [-0.15, -0.1) is 0 Å². The summed E-state index contributed by atoms with van der Waals surface area (Å²) < 4.78 is 0. The Balaban J connectivity index is 1.64. The lowest BCUT2D eigenvalue weighted by Gasteiger charge is -2.23. The highest BCUT2D eigenvalue weighted by molar-refractivity contribution is 5.93. The van der Waals surface area contributed by atoms with Crippen molar-refractivity contribution < 1.29 is 19.5 Å². The number of benzene rings is 3. The van der Waals surface area contributed by atoms with Gasteiger partial charge in [0.05, 0.1) is 6.54 Å². The molecule has 11 N–H and O–H groups in total. The number of phenols is 1. The molecule has 0 aliphatic carbocycles. The predicted molar refractivity (Wildman–Crippen MR) is 176 cm³/mol. The molecule has 3 aromatic rings. The van der Waals surface area contributed by atoms with Crippen LogP contribution in [-0.2, 0) is 27.2 Å². The molecule has 0 unspecified atom stereocenters. The number of nitrogens with zero attached hydrogens (tertiary/aromatic N) is 3. The van der Waals surface area contributed by atoms with Gasteiger partial charge in [-0.1, -0.05) is 54.6 Å². The number of nitrogens with one attached hydrogen (secondary N) is 2. The van der Waals surface area contributed by atoms with E-state index in [1.807, 2.05) is 19.1 Å². The fourth-order valence-electron chi connectivity index (χ4n) is 4.79. The van der Waals surface area contributed by atoms with Crippen molar-refractivity contribution >= 4 is 40.4 Å². The molecular weight excluding hydrogens is 574 g/mol. The third kappa shape index (κ3) is 11.4. The number of rotatable bonds is 16. The van der Waals surface area contributed by atoms with Crippen molar-refractivity contribution in [2.75, 3.05) is 26.2 Å². The molecule has 2 atom stereocenters. The lowest BCUT2D eigenvalue weighted by Crippen LogP contribution is -2.52. The van der Waals surface area contributed by atoms with Crippen LogP contribution in [0, 0.1) is 0 Å². The molecular formula is C32H43N9O4. The van der Waals surface area contributed by atoms with Gasteiger partial charge in [0.15, 0.2) is 11.9 Å². The van der Waals surface area contributed by atoms with Gasteiger partial charge in [-0.05, 0) is 60.2 Å². The van der Waals surface area contributed by atoms with Gasteiger partial charge in [-0.2, -0.15) is 0 Å². The molecule has 0 bridgehead atoms. The van der Waals surface area contributed by atoms with Crippen molar-refractivity contribution in [1.82, 2.24) is 15.5 Å². The summed E-state index contributed by atoms with van der Waals surface area (Å²) in [7, 11) is 0. The number of aliphatic imine (C=N–C) groups is 2. The molecule has 0 spiro atoms. The number of likely N-dealkylation sites (N-methyl/N-ethyl adjacent to an activating group) is 1. The van der Waals surface area contributed by atoms with Gasteiger partial charge in [0.1, 0.15) is 17.8 Å². The van der Waals surface area contributed by atoms with E-state index in [0.29, 0.717) is 31.5 Å². The standard InChI is InChI=1S/C32H43N9O4/c1-2-41(17-15-22-9-12-23-6-3-4-7-24(23)18-22)28(43)20-38-29(44)26(8-5-16-37-31(33)34)39-30(45)27(40-32(35)36)19-21-10-13-25(42)14-11-21/h3-4,6-7,9-14,18,26-27,42H,2,5,8,15-17,19-20H2,1H3,(H,38,44)(H,39,45)(H4,33,34,37)(H4,35,36,40)/t26-,27+/m1/s1. The molecule has 0 radical (unpaired) electrons. The molecule has 3 aromatic carbocycles. The monoisotopic (exact) mass is 617 g/mol. The summed E-state index contributed by atoms with van der Waals surface area (Å²) in [5, 5.41) is 17.2. The predicted octanol–water partition coefficient (Wildman–Crippen LogP) is 0.476. The Bertz CT molecular complexity index is 1500. The molecule has 0 heterocycles. The van der Waals surface area contributed by atoms with Crippen LogP contribution in [0.4, 0.5) is 0 Å². The number of hydrogen-bond acceptors (Lipinski definition) is 6. The van der Waals surface area contributed by atoms with E-state index in [9.17, 15) is 19.5 Å². The van der Waals surface area contributed by atoms with Crippen LogP contribution in [0.25, 0.3) is 10.8 Å². The van der Waals surface area contributed by atoms with Crippen LogP contribution < -0.4 is 33.6 Å². The van der Waals surface area contributed by atoms with Crippen molar-refractivity contribution in [3.8, 4) is 5.75 Å². The first-order valence-electron chi connectivity index (χ1n) is 14.8. The second kappa shape index (κ2) is 17.1. The first kappa shape index (κ1) is 34.2. The van der Waals surface area contributed by atoms with E-state index < -0.39 is 23.9 Å². The zero-order chi connectivity index (χ0) is 32.8. The quantitative estimate of drug-likeness (QED) is 0.0677. The third-order valence-corrected chi connectivity index (χ3v) is 7.18. The molecule has 0 aliphatic heterocycles. The number of aromatic hydroxyl groups is 1. The largest absolute Gasteiger partial charge is 0.508 e. The molecule has 45 heavy (non-hydrogen) atoms. The van der Waals surface area contributed by atoms with Crippen LogP contribution in [0.2, 0.25) is 0 Å². The smallest absolute Gasteiger partial charge is 0.245 e. The lowest BCUT2D eigenvalue weighted by molar-refractivity contribution is -0.134. The van der Waals surface area contributed by atoms with Crippen LogP contribution in [0.5, 0.6) is 5.75 Å². The Kier molecular flexibility index (Phi) is 13.0. The highest BCUT2D eigenvalue weighted by Crippen LogP contribution is 2.16. The maximum absolute atomic E-state index is 13.3. The summed E-state index contributed by atoms with van der Waals surface area (Å²) in [5.41, 5.74) is 23.8. The number of hydrogen-bond donors (Lipinski definition) is 7. The Morgan fingerprint density at radius 3 is 2.24 bits per heavy atom. The normalized spacial score (nSPS) is 12.0. The van der Waals surface area contributed by atoms with Crippen molar-refractivity contribution in [2.45, 2.75) is 44.7 Å². The number of carbonyl (C=O) groups excluding carboxylic acids is 3. The molecule has 13 nitrogen and oxygen atoms in total. The van der Waals surface area contributed by atoms with Crippen LogP contribution in [0.1, 0.15) is 30.9 Å². The maximum atomic E-state index is 13.3. The summed E-state index contributed by atoms with van der Waals surface area (Å²) in [6.07, 6.45) is 1.35. The van der Waals surface area contributed by atoms with E-state index in [4.69, 9.17) is 22.9 Å². The molecule has 0 fully saturated rings. The van der Waals surface area contributed by atoms with E-state index in [1.54, 1.807) is 17.0 Å². The molecule has 13 heteroatoms. The Hall–Kier alpha value is -5.33. The summed E-state index contributed by atoms with van der Waals surface area (Å²) in [6, 6.07) is 18.5. The zero-order valence-electron chi connectivity index (χ0n) is 25.5.